The van der Waals surface area contributed by atoms with Crippen LogP contribution < -0.4 is 0 Å². The van der Waals surface area contributed by atoms with Crippen LogP contribution in [0.15, 0.2) is 54.6 Å². The Hall–Kier alpha value is -3.08. The monoisotopic (exact) mass is 379 g/mol. The average Bonchev–Trinajstić information content (AvgIpc) is 2.69. The van der Waals surface area contributed by atoms with Crippen LogP contribution in [0.1, 0.15) is 35.0 Å². The molecule has 5 heteroatoms. The summed E-state index contributed by atoms with van der Waals surface area (Å²) in [5, 5.41) is 9.27. The molecule has 3 aromatic rings. The van der Waals surface area contributed by atoms with E-state index in [1.165, 1.54) is 0 Å². The first-order chi connectivity index (χ1) is 13.4. The number of hydrogen-bond donors (Lipinski definition) is 1. The number of phenols is 1. The fourth-order valence-electron chi connectivity index (χ4n) is 3.82. The Kier molecular flexibility index (Phi) is 4.46. The van der Waals surface area contributed by atoms with Crippen LogP contribution in [0.5, 0.6) is 5.75 Å². The van der Waals surface area contributed by atoms with E-state index in [2.05, 4.69) is 4.98 Å². The molecule has 0 saturated heterocycles. The standard InChI is InChI=1S/C23H19F2NO2/c1-23(13-14-5-3-2-4-6-14)10-9-20-16(22(23)28)7-8-19(26-20)15-11-17(24)21(27)18(25)12-15/h2-8,11-12,27H,9-10,13H2,1H3/t23-/m1/s1. The van der Waals surface area contributed by atoms with Crippen molar-refractivity contribution in [3.05, 3.63) is 83.1 Å². The molecule has 0 bridgehead atoms. The second kappa shape index (κ2) is 6.82. The Morgan fingerprint density at radius 1 is 1.07 bits per heavy atom. The maximum absolute atomic E-state index is 13.7. The predicted molar refractivity (Wildman–Crippen MR) is 102 cm³/mol. The fourth-order valence-corrected chi connectivity index (χ4v) is 3.82. The summed E-state index contributed by atoms with van der Waals surface area (Å²) in [4.78, 5) is 17.6. The minimum atomic E-state index is -1.04. The van der Waals surface area contributed by atoms with Gasteiger partial charge in [-0.25, -0.2) is 8.78 Å². The van der Waals surface area contributed by atoms with Crippen LogP contribution in [0.3, 0.4) is 0 Å². The summed E-state index contributed by atoms with van der Waals surface area (Å²) in [5.74, 6) is -3.05. The highest BCUT2D eigenvalue weighted by molar-refractivity contribution is 6.02. The molecule has 1 N–H and O–H groups in total. The van der Waals surface area contributed by atoms with Gasteiger partial charge >= 0.3 is 0 Å². The van der Waals surface area contributed by atoms with Crippen LogP contribution in [0.2, 0.25) is 0 Å². The van der Waals surface area contributed by atoms with Crippen molar-refractivity contribution >= 4 is 5.78 Å². The number of aryl methyl sites for hydroxylation is 1. The van der Waals surface area contributed by atoms with Gasteiger partial charge in [0.25, 0.3) is 0 Å². The van der Waals surface area contributed by atoms with Gasteiger partial charge in [0.05, 0.1) is 11.4 Å². The Labute approximate surface area is 161 Å². The van der Waals surface area contributed by atoms with Crippen molar-refractivity contribution in [1.29, 1.82) is 0 Å². The smallest absolute Gasteiger partial charge is 0.187 e. The second-order valence-corrected chi connectivity index (χ2v) is 7.53. The number of Topliss-reactive ketones (excluding diaryl/α,β-unsaturated/α-hetero) is 1. The van der Waals surface area contributed by atoms with Gasteiger partial charge in [-0.05, 0) is 49.1 Å². The van der Waals surface area contributed by atoms with E-state index in [-0.39, 0.29) is 11.3 Å². The molecular formula is C23H19F2NO2. The molecule has 142 valence electrons. The zero-order chi connectivity index (χ0) is 19.9. The zero-order valence-electron chi connectivity index (χ0n) is 15.4. The van der Waals surface area contributed by atoms with Crippen molar-refractivity contribution in [2.75, 3.05) is 0 Å². The number of carbonyl (C=O) groups is 1. The normalized spacial score (nSPS) is 18.8. The van der Waals surface area contributed by atoms with Crippen molar-refractivity contribution in [3.8, 4) is 17.0 Å². The van der Waals surface area contributed by atoms with E-state index in [1.807, 2.05) is 37.3 Å². The summed E-state index contributed by atoms with van der Waals surface area (Å²) in [7, 11) is 0. The van der Waals surface area contributed by atoms with Crippen LogP contribution in [0.25, 0.3) is 11.3 Å². The lowest BCUT2D eigenvalue weighted by Crippen LogP contribution is -2.35. The highest BCUT2D eigenvalue weighted by Crippen LogP contribution is 2.38. The molecular weight excluding hydrogens is 360 g/mol. The molecule has 0 unspecified atom stereocenters. The zero-order valence-corrected chi connectivity index (χ0v) is 15.4. The maximum Gasteiger partial charge on any atom is 0.187 e. The number of benzene rings is 2. The Bertz CT molecular complexity index is 1040. The molecule has 1 aromatic heterocycles. The number of phenolic OH excluding ortho intramolecular Hbond substituents is 1. The summed E-state index contributed by atoms with van der Waals surface area (Å²) in [6.45, 7) is 1.98. The molecule has 2 aromatic carbocycles. The highest BCUT2D eigenvalue weighted by atomic mass is 19.1. The maximum atomic E-state index is 13.7. The number of nitrogens with zero attached hydrogens (tertiary/aromatic N) is 1. The molecule has 0 radical (unpaired) electrons. The van der Waals surface area contributed by atoms with Gasteiger partial charge in [-0.3, -0.25) is 9.78 Å². The lowest BCUT2D eigenvalue weighted by molar-refractivity contribution is 0.0782. The summed E-state index contributed by atoms with van der Waals surface area (Å²) in [6.07, 6.45) is 1.92. The average molecular weight is 379 g/mol. The lowest BCUT2D eigenvalue weighted by Gasteiger charge is -2.33. The molecule has 1 atom stereocenters. The van der Waals surface area contributed by atoms with Gasteiger partial charge in [-0.2, -0.15) is 0 Å². The highest BCUT2D eigenvalue weighted by Gasteiger charge is 2.39. The van der Waals surface area contributed by atoms with Gasteiger partial charge in [0.2, 0.25) is 0 Å². The first-order valence-electron chi connectivity index (χ1n) is 9.14. The minimum Gasteiger partial charge on any atom is -0.503 e. The van der Waals surface area contributed by atoms with Gasteiger partial charge in [0.15, 0.2) is 23.2 Å². The third-order valence-corrected chi connectivity index (χ3v) is 5.43. The molecule has 28 heavy (non-hydrogen) atoms. The molecule has 1 aliphatic carbocycles. The number of fused-ring (bicyclic) bond motifs is 1. The number of aromatic hydroxyl groups is 1. The molecule has 3 nitrogen and oxygen atoms in total. The molecule has 0 amide bonds. The van der Waals surface area contributed by atoms with Gasteiger partial charge < -0.3 is 5.11 Å². The number of aromatic nitrogens is 1. The number of carbonyl (C=O) groups excluding carboxylic acids is 1. The van der Waals surface area contributed by atoms with E-state index >= 15 is 0 Å². The summed E-state index contributed by atoms with van der Waals surface area (Å²) in [5.41, 5.74) is 2.40. The molecule has 0 spiro atoms. The Morgan fingerprint density at radius 2 is 1.75 bits per heavy atom. The number of halogens is 2. The number of rotatable bonds is 3. The third kappa shape index (κ3) is 3.17. The SMILES string of the molecule is C[C@]1(Cc2ccccc2)CCc2nc(-c3cc(F)c(O)c(F)c3)ccc2C1=O. The van der Waals surface area contributed by atoms with Crippen LogP contribution >= 0.6 is 0 Å². The summed E-state index contributed by atoms with van der Waals surface area (Å²) < 4.78 is 27.3. The molecule has 1 heterocycles. The first kappa shape index (κ1) is 18.3. The predicted octanol–water partition coefficient (Wildman–Crippen LogP) is 5.11. The molecule has 0 fully saturated rings. The minimum absolute atomic E-state index is 0.0414. The van der Waals surface area contributed by atoms with E-state index in [9.17, 15) is 18.7 Å². The largest absolute Gasteiger partial charge is 0.503 e. The van der Waals surface area contributed by atoms with E-state index in [0.717, 1.165) is 17.7 Å². The lowest BCUT2D eigenvalue weighted by atomic mass is 9.70. The van der Waals surface area contributed by atoms with Crippen LogP contribution in [0, 0.1) is 17.0 Å². The van der Waals surface area contributed by atoms with Gasteiger partial charge in [0, 0.05) is 16.5 Å². The van der Waals surface area contributed by atoms with Gasteiger partial charge in [-0.15, -0.1) is 0 Å². The Morgan fingerprint density at radius 3 is 2.43 bits per heavy atom. The van der Waals surface area contributed by atoms with Gasteiger partial charge in [0.1, 0.15) is 0 Å². The summed E-state index contributed by atoms with van der Waals surface area (Å²) >= 11 is 0. The quantitative estimate of drug-likeness (QED) is 0.688. The van der Waals surface area contributed by atoms with Crippen LogP contribution in [-0.2, 0) is 12.8 Å². The van der Waals surface area contributed by atoms with Crippen molar-refractivity contribution in [2.24, 2.45) is 5.41 Å². The molecule has 0 saturated carbocycles. The van der Waals surface area contributed by atoms with Gasteiger partial charge in [-0.1, -0.05) is 37.3 Å². The van der Waals surface area contributed by atoms with Crippen molar-refractivity contribution in [2.45, 2.75) is 26.2 Å². The third-order valence-electron chi connectivity index (χ3n) is 5.43. The number of ketones is 1. The van der Waals surface area contributed by atoms with Crippen molar-refractivity contribution in [3.63, 3.8) is 0 Å². The molecule has 1 aliphatic rings. The van der Waals surface area contributed by atoms with Crippen molar-refractivity contribution in [1.82, 2.24) is 4.98 Å². The van der Waals surface area contributed by atoms with E-state index < -0.39 is 22.8 Å². The second-order valence-electron chi connectivity index (χ2n) is 7.53. The Balaban J connectivity index is 1.66. The van der Waals surface area contributed by atoms with E-state index in [4.69, 9.17) is 0 Å². The van der Waals surface area contributed by atoms with E-state index in [0.29, 0.717) is 36.2 Å². The molecule has 0 aliphatic heterocycles. The van der Waals surface area contributed by atoms with Crippen LogP contribution in [0.4, 0.5) is 8.78 Å². The van der Waals surface area contributed by atoms with Crippen molar-refractivity contribution < 1.29 is 18.7 Å². The number of hydrogen-bond acceptors (Lipinski definition) is 3. The summed E-state index contributed by atoms with van der Waals surface area (Å²) in [6, 6.07) is 15.3. The fraction of sp³-hybridized carbons (Fsp3) is 0.217. The number of pyridine rings is 1. The van der Waals surface area contributed by atoms with E-state index in [1.54, 1.807) is 12.1 Å². The molecule has 4 rings (SSSR count). The van der Waals surface area contributed by atoms with Crippen LogP contribution in [-0.4, -0.2) is 15.9 Å². The first-order valence-corrected chi connectivity index (χ1v) is 9.14. The topological polar surface area (TPSA) is 50.2 Å².